The van der Waals surface area contributed by atoms with E-state index in [0.29, 0.717) is 6.17 Å². The van der Waals surface area contributed by atoms with Gasteiger partial charge in [-0.25, -0.2) is 0 Å². The lowest BCUT2D eigenvalue weighted by atomic mass is 10.1. The van der Waals surface area contributed by atoms with E-state index in [1.165, 1.54) is 89.9 Å². The number of hydrogen-bond acceptors (Lipinski definition) is 3. The van der Waals surface area contributed by atoms with Crippen LogP contribution >= 0.6 is 0 Å². The summed E-state index contributed by atoms with van der Waals surface area (Å²) in [7, 11) is 0. The second kappa shape index (κ2) is 16.5. The van der Waals surface area contributed by atoms with Crippen molar-refractivity contribution in [1.82, 2.24) is 10.2 Å². The van der Waals surface area contributed by atoms with E-state index in [0.717, 1.165) is 13.1 Å². The van der Waals surface area contributed by atoms with Crippen LogP contribution in [0.15, 0.2) is 24.6 Å². The standard InChI is InChI=1S/C22H43N3/c1-2-3-4-5-6-7-8-9-10-11-12-13-14-15-16-17-22-24-19-21-25(22)20-18-23/h8-9,19,21-22,24H,2-7,10-18,20,23H2,1H3/b9-8+. The molecule has 3 nitrogen and oxygen atoms in total. The number of rotatable bonds is 17. The lowest BCUT2D eigenvalue weighted by molar-refractivity contribution is 0.264. The van der Waals surface area contributed by atoms with Gasteiger partial charge < -0.3 is 16.0 Å². The Kier molecular flexibility index (Phi) is 14.6. The van der Waals surface area contributed by atoms with Crippen LogP contribution in [0.4, 0.5) is 0 Å². The zero-order valence-electron chi connectivity index (χ0n) is 16.7. The van der Waals surface area contributed by atoms with Crippen molar-refractivity contribution >= 4 is 0 Å². The molecule has 0 amide bonds. The number of nitrogens with one attached hydrogen (secondary N) is 1. The first-order valence-electron chi connectivity index (χ1n) is 10.9. The van der Waals surface area contributed by atoms with Crippen LogP contribution in [0.5, 0.6) is 0 Å². The Hall–Kier alpha value is -0.960. The molecule has 1 heterocycles. The summed E-state index contributed by atoms with van der Waals surface area (Å²) < 4.78 is 0. The Labute approximate surface area is 157 Å². The topological polar surface area (TPSA) is 41.3 Å². The van der Waals surface area contributed by atoms with Crippen LogP contribution in [0.3, 0.4) is 0 Å². The number of nitrogens with zero attached hydrogens (tertiary/aromatic N) is 1. The lowest BCUT2D eigenvalue weighted by Crippen LogP contribution is -2.37. The van der Waals surface area contributed by atoms with Gasteiger partial charge in [-0.15, -0.1) is 0 Å². The number of unbranched alkanes of at least 4 members (excludes halogenated alkanes) is 11. The maximum atomic E-state index is 5.65. The van der Waals surface area contributed by atoms with E-state index in [2.05, 4.69) is 41.7 Å². The molecule has 0 aromatic rings. The highest BCUT2D eigenvalue weighted by Gasteiger charge is 2.16. The van der Waals surface area contributed by atoms with Crippen LogP contribution in [-0.4, -0.2) is 24.2 Å². The Morgan fingerprint density at radius 1 is 0.880 bits per heavy atom. The second-order valence-electron chi connectivity index (χ2n) is 7.40. The molecule has 1 aliphatic rings. The van der Waals surface area contributed by atoms with Crippen molar-refractivity contribution in [2.75, 3.05) is 13.1 Å². The van der Waals surface area contributed by atoms with E-state index in [1.807, 2.05) is 0 Å². The highest BCUT2D eigenvalue weighted by Crippen LogP contribution is 2.14. The summed E-state index contributed by atoms with van der Waals surface area (Å²) in [4.78, 5) is 2.33. The molecule has 1 aliphatic heterocycles. The average molecular weight is 350 g/mol. The summed E-state index contributed by atoms with van der Waals surface area (Å²) in [6, 6.07) is 0. The van der Waals surface area contributed by atoms with E-state index in [-0.39, 0.29) is 0 Å². The van der Waals surface area contributed by atoms with E-state index < -0.39 is 0 Å². The van der Waals surface area contributed by atoms with Crippen molar-refractivity contribution in [3.05, 3.63) is 24.6 Å². The Bertz CT molecular complexity index is 338. The molecule has 0 spiro atoms. The highest BCUT2D eigenvalue weighted by molar-refractivity contribution is 4.94. The highest BCUT2D eigenvalue weighted by atomic mass is 15.3. The van der Waals surface area contributed by atoms with Crippen LogP contribution in [0.25, 0.3) is 0 Å². The average Bonchev–Trinajstić information content (AvgIpc) is 3.06. The Morgan fingerprint density at radius 2 is 1.48 bits per heavy atom. The molecule has 1 unspecified atom stereocenters. The van der Waals surface area contributed by atoms with Crippen molar-refractivity contribution in [2.24, 2.45) is 5.73 Å². The largest absolute Gasteiger partial charge is 0.370 e. The van der Waals surface area contributed by atoms with Crippen LogP contribution in [-0.2, 0) is 0 Å². The van der Waals surface area contributed by atoms with E-state index >= 15 is 0 Å². The predicted octanol–water partition coefficient (Wildman–Crippen LogP) is 5.69. The molecule has 146 valence electrons. The quantitative estimate of drug-likeness (QED) is 0.262. The van der Waals surface area contributed by atoms with E-state index in [4.69, 9.17) is 5.73 Å². The van der Waals surface area contributed by atoms with Gasteiger partial charge in [-0.2, -0.15) is 0 Å². The minimum absolute atomic E-state index is 0.482. The van der Waals surface area contributed by atoms with Gasteiger partial charge in [-0.3, -0.25) is 0 Å². The molecule has 0 saturated carbocycles. The lowest BCUT2D eigenvalue weighted by Gasteiger charge is -2.25. The molecular formula is C22H43N3. The van der Waals surface area contributed by atoms with Gasteiger partial charge in [0.05, 0.1) is 6.17 Å². The maximum absolute atomic E-state index is 5.65. The predicted molar refractivity (Wildman–Crippen MR) is 111 cm³/mol. The molecule has 0 bridgehead atoms. The number of allylic oxidation sites excluding steroid dienone is 2. The second-order valence-corrected chi connectivity index (χ2v) is 7.40. The summed E-state index contributed by atoms with van der Waals surface area (Å²) in [5.74, 6) is 0. The van der Waals surface area contributed by atoms with Crippen molar-refractivity contribution in [3.63, 3.8) is 0 Å². The third-order valence-electron chi connectivity index (χ3n) is 5.08. The van der Waals surface area contributed by atoms with Crippen molar-refractivity contribution in [1.29, 1.82) is 0 Å². The SMILES string of the molecule is CCCCCCC/C=C/CCCCCCCCC1NC=CN1CCN. The summed E-state index contributed by atoms with van der Waals surface area (Å²) >= 11 is 0. The minimum atomic E-state index is 0.482. The van der Waals surface area contributed by atoms with Gasteiger partial charge in [0.15, 0.2) is 0 Å². The first kappa shape index (κ1) is 22.1. The van der Waals surface area contributed by atoms with E-state index in [9.17, 15) is 0 Å². The molecule has 3 N–H and O–H groups in total. The van der Waals surface area contributed by atoms with Crippen LogP contribution < -0.4 is 11.1 Å². The summed E-state index contributed by atoms with van der Waals surface area (Å²) in [5.41, 5.74) is 5.65. The van der Waals surface area contributed by atoms with Gasteiger partial charge in [0.25, 0.3) is 0 Å². The molecule has 0 fully saturated rings. The fourth-order valence-electron chi connectivity index (χ4n) is 3.49. The van der Waals surface area contributed by atoms with Crippen LogP contribution in [0.1, 0.15) is 96.8 Å². The molecule has 25 heavy (non-hydrogen) atoms. The molecular weight excluding hydrogens is 306 g/mol. The van der Waals surface area contributed by atoms with E-state index in [1.54, 1.807) is 0 Å². The van der Waals surface area contributed by atoms with Gasteiger partial charge >= 0.3 is 0 Å². The first-order valence-corrected chi connectivity index (χ1v) is 10.9. The molecule has 1 atom stereocenters. The summed E-state index contributed by atoms with van der Waals surface area (Å²) in [6.45, 7) is 3.97. The van der Waals surface area contributed by atoms with Gasteiger partial charge in [0, 0.05) is 25.5 Å². The molecule has 0 aliphatic carbocycles. The van der Waals surface area contributed by atoms with Crippen molar-refractivity contribution < 1.29 is 0 Å². The van der Waals surface area contributed by atoms with Gasteiger partial charge in [0.1, 0.15) is 0 Å². The molecule has 1 rings (SSSR count). The summed E-state index contributed by atoms with van der Waals surface area (Å²) in [5, 5.41) is 3.42. The summed E-state index contributed by atoms with van der Waals surface area (Å²) in [6.07, 6.45) is 28.5. The third-order valence-corrected chi connectivity index (χ3v) is 5.08. The molecule has 0 saturated heterocycles. The minimum Gasteiger partial charge on any atom is -0.370 e. The molecule has 0 radical (unpaired) electrons. The van der Waals surface area contributed by atoms with Crippen LogP contribution in [0.2, 0.25) is 0 Å². The zero-order chi connectivity index (χ0) is 18.0. The zero-order valence-corrected chi connectivity index (χ0v) is 16.7. The fourth-order valence-corrected chi connectivity index (χ4v) is 3.49. The maximum Gasteiger partial charge on any atom is 0.0981 e. The number of nitrogens with two attached hydrogens (primary N) is 1. The normalized spacial score (nSPS) is 16.9. The van der Waals surface area contributed by atoms with Crippen molar-refractivity contribution in [3.8, 4) is 0 Å². The Balaban J connectivity index is 1.80. The molecule has 0 aromatic heterocycles. The van der Waals surface area contributed by atoms with Crippen molar-refractivity contribution in [2.45, 2.75) is 103 Å². The first-order chi connectivity index (χ1) is 12.4. The molecule has 3 heteroatoms. The molecule has 0 aromatic carbocycles. The third kappa shape index (κ3) is 12.1. The monoisotopic (exact) mass is 349 g/mol. The van der Waals surface area contributed by atoms with Gasteiger partial charge in [-0.1, -0.05) is 70.4 Å². The smallest absolute Gasteiger partial charge is 0.0981 e. The number of hydrogen-bond donors (Lipinski definition) is 2. The van der Waals surface area contributed by atoms with Gasteiger partial charge in [-0.05, 0) is 38.5 Å². The fraction of sp³-hybridized carbons (Fsp3) is 0.818. The van der Waals surface area contributed by atoms with Gasteiger partial charge in [0.2, 0.25) is 0 Å². The van der Waals surface area contributed by atoms with Crippen LogP contribution in [0, 0.1) is 0 Å². The Morgan fingerprint density at radius 3 is 2.12 bits per heavy atom.